The lowest BCUT2D eigenvalue weighted by atomic mass is 10.1. The molecule has 2 aromatic carbocycles. The summed E-state index contributed by atoms with van der Waals surface area (Å²) in [5, 5.41) is 2.89. The van der Waals surface area contributed by atoms with Gasteiger partial charge in [0.2, 0.25) is 6.10 Å². The molecule has 0 bridgehead atoms. The Bertz CT molecular complexity index is 674. The molecule has 1 N–H and O–H groups in total. The monoisotopic (exact) mass is 395 g/mol. The molecule has 0 saturated heterocycles. The second-order valence-electron chi connectivity index (χ2n) is 4.78. The molecule has 2 aromatic rings. The number of halogens is 1. The molecule has 1 aliphatic heterocycles. The number of hydrogen-bond acceptors (Lipinski definition) is 3. The van der Waals surface area contributed by atoms with Crippen molar-refractivity contribution in [1.82, 2.24) is 0 Å². The summed E-state index contributed by atoms with van der Waals surface area (Å²) in [4.78, 5) is 12.4. The van der Waals surface area contributed by atoms with Crippen molar-refractivity contribution in [2.75, 3.05) is 5.32 Å². The van der Waals surface area contributed by atoms with Crippen LogP contribution in [-0.4, -0.2) is 18.1 Å². The number of carbonyl (C=O) groups excluding carboxylic acids is 1. The summed E-state index contributed by atoms with van der Waals surface area (Å²) >= 11 is 2.18. The van der Waals surface area contributed by atoms with E-state index < -0.39 is 6.10 Å². The van der Waals surface area contributed by atoms with E-state index in [9.17, 15) is 4.79 Å². The van der Waals surface area contributed by atoms with Crippen molar-refractivity contribution >= 4 is 34.2 Å². The Labute approximate surface area is 136 Å². The van der Waals surface area contributed by atoms with E-state index in [1.54, 1.807) is 6.07 Å². The number of para-hydroxylation sites is 3. The van der Waals surface area contributed by atoms with Crippen molar-refractivity contribution in [3.8, 4) is 11.5 Å². The fraction of sp³-hybridized carbons (Fsp3) is 0.188. The standard InChI is InChI=1S/C16H14INO3/c1-10-15(21-14-9-5-4-8-13(14)20-10)16(19)18-12-7-3-2-6-11(12)17/h2-10,15H,1H3,(H,18,19). The molecular formula is C16H14INO3. The molecule has 1 amide bonds. The zero-order valence-corrected chi connectivity index (χ0v) is 13.5. The first-order valence-electron chi connectivity index (χ1n) is 6.63. The van der Waals surface area contributed by atoms with Gasteiger partial charge in [-0.3, -0.25) is 4.79 Å². The Hall–Kier alpha value is -1.76. The van der Waals surface area contributed by atoms with Crippen LogP contribution in [0.4, 0.5) is 5.69 Å². The molecule has 2 unspecified atom stereocenters. The van der Waals surface area contributed by atoms with Crippen LogP contribution in [0.2, 0.25) is 0 Å². The highest BCUT2D eigenvalue weighted by Gasteiger charge is 2.34. The zero-order chi connectivity index (χ0) is 14.8. The maximum atomic E-state index is 12.4. The van der Waals surface area contributed by atoms with Gasteiger partial charge in [0.1, 0.15) is 6.10 Å². The molecule has 0 fully saturated rings. The maximum Gasteiger partial charge on any atom is 0.269 e. The van der Waals surface area contributed by atoms with E-state index in [1.807, 2.05) is 49.4 Å². The second kappa shape index (κ2) is 5.93. The van der Waals surface area contributed by atoms with E-state index >= 15 is 0 Å². The lowest BCUT2D eigenvalue weighted by Gasteiger charge is -2.31. The molecule has 3 rings (SSSR count). The number of nitrogens with one attached hydrogen (secondary N) is 1. The normalized spacial score (nSPS) is 19.9. The number of benzene rings is 2. The quantitative estimate of drug-likeness (QED) is 0.793. The van der Waals surface area contributed by atoms with Gasteiger partial charge >= 0.3 is 0 Å². The molecule has 4 nitrogen and oxygen atoms in total. The summed E-state index contributed by atoms with van der Waals surface area (Å²) in [5.41, 5.74) is 0.776. The van der Waals surface area contributed by atoms with Crippen molar-refractivity contribution in [3.63, 3.8) is 0 Å². The number of rotatable bonds is 2. The average Bonchev–Trinajstić information content (AvgIpc) is 2.49. The molecule has 0 aromatic heterocycles. The highest BCUT2D eigenvalue weighted by Crippen LogP contribution is 2.33. The van der Waals surface area contributed by atoms with Crippen LogP contribution in [0.15, 0.2) is 48.5 Å². The Balaban J connectivity index is 1.78. The lowest BCUT2D eigenvalue weighted by Crippen LogP contribution is -2.46. The molecule has 108 valence electrons. The van der Waals surface area contributed by atoms with Gasteiger partial charge in [-0.15, -0.1) is 0 Å². The van der Waals surface area contributed by atoms with E-state index in [2.05, 4.69) is 27.9 Å². The first-order valence-corrected chi connectivity index (χ1v) is 7.71. The van der Waals surface area contributed by atoms with Gasteiger partial charge in [-0.05, 0) is 53.8 Å². The third-order valence-corrected chi connectivity index (χ3v) is 4.17. The highest BCUT2D eigenvalue weighted by molar-refractivity contribution is 14.1. The summed E-state index contributed by atoms with van der Waals surface area (Å²) in [6, 6.07) is 15.0. The second-order valence-corrected chi connectivity index (χ2v) is 5.94. The van der Waals surface area contributed by atoms with Crippen molar-refractivity contribution in [1.29, 1.82) is 0 Å². The van der Waals surface area contributed by atoms with Crippen molar-refractivity contribution in [3.05, 3.63) is 52.1 Å². The Morgan fingerprint density at radius 3 is 2.38 bits per heavy atom. The van der Waals surface area contributed by atoms with Crippen LogP contribution in [0, 0.1) is 3.57 Å². The summed E-state index contributed by atoms with van der Waals surface area (Å²) in [6.45, 7) is 1.83. The van der Waals surface area contributed by atoms with Crippen LogP contribution < -0.4 is 14.8 Å². The third-order valence-electron chi connectivity index (χ3n) is 3.23. The molecule has 2 atom stereocenters. The van der Waals surface area contributed by atoms with Gasteiger partial charge in [-0.1, -0.05) is 24.3 Å². The fourth-order valence-corrected chi connectivity index (χ4v) is 2.69. The van der Waals surface area contributed by atoms with Crippen LogP contribution in [0.3, 0.4) is 0 Å². The summed E-state index contributed by atoms with van der Waals surface area (Å²) in [6.07, 6.45) is -1.02. The van der Waals surface area contributed by atoms with Crippen molar-refractivity contribution in [2.24, 2.45) is 0 Å². The van der Waals surface area contributed by atoms with Gasteiger partial charge in [-0.25, -0.2) is 0 Å². The van der Waals surface area contributed by atoms with Crippen LogP contribution in [0.5, 0.6) is 11.5 Å². The van der Waals surface area contributed by atoms with E-state index in [-0.39, 0.29) is 12.0 Å². The van der Waals surface area contributed by atoms with Gasteiger partial charge in [0.25, 0.3) is 5.91 Å². The first-order chi connectivity index (χ1) is 10.1. The number of fused-ring (bicyclic) bond motifs is 1. The number of hydrogen-bond donors (Lipinski definition) is 1. The molecule has 0 saturated carbocycles. The van der Waals surface area contributed by atoms with Gasteiger partial charge in [0, 0.05) is 3.57 Å². The molecule has 0 aliphatic carbocycles. The zero-order valence-electron chi connectivity index (χ0n) is 11.4. The first kappa shape index (κ1) is 14.2. The highest BCUT2D eigenvalue weighted by atomic mass is 127. The van der Waals surface area contributed by atoms with Crippen molar-refractivity contribution < 1.29 is 14.3 Å². The molecule has 0 spiro atoms. The third kappa shape index (κ3) is 2.97. The van der Waals surface area contributed by atoms with Crippen LogP contribution in [0.25, 0.3) is 0 Å². The molecule has 0 radical (unpaired) electrons. The lowest BCUT2D eigenvalue weighted by molar-refractivity contribution is -0.128. The van der Waals surface area contributed by atoms with E-state index in [0.717, 1.165) is 9.26 Å². The fourth-order valence-electron chi connectivity index (χ4n) is 2.17. The minimum Gasteiger partial charge on any atom is -0.482 e. The maximum absolute atomic E-state index is 12.4. The smallest absolute Gasteiger partial charge is 0.269 e. The van der Waals surface area contributed by atoms with E-state index in [1.165, 1.54) is 0 Å². The van der Waals surface area contributed by atoms with Gasteiger partial charge < -0.3 is 14.8 Å². The Morgan fingerprint density at radius 1 is 1.05 bits per heavy atom. The van der Waals surface area contributed by atoms with E-state index in [4.69, 9.17) is 9.47 Å². The molecule has 5 heteroatoms. The van der Waals surface area contributed by atoms with Gasteiger partial charge in [0.05, 0.1) is 5.69 Å². The van der Waals surface area contributed by atoms with Crippen LogP contribution >= 0.6 is 22.6 Å². The summed E-state index contributed by atoms with van der Waals surface area (Å²) in [7, 11) is 0. The minimum absolute atomic E-state index is 0.207. The Morgan fingerprint density at radius 2 is 1.67 bits per heavy atom. The average molecular weight is 395 g/mol. The number of ether oxygens (including phenoxy) is 2. The predicted octanol–water partition coefficient (Wildman–Crippen LogP) is 3.46. The van der Waals surface area contributed by atoms with Gasteiger partial charge in [-0.2, -0.15) is 0 Å². The SMILES string of the molecule is CC1Oc2ccccc2OC1C(=O)Nc1ccccc1I. The molecule has 1 aliphatic rings. The van der Waals surface area contributed by atoms with Crippen LogP contribution in [-0.2, 0) is 4.79 Å². The van der Waals surface area contributed by atoms with Crippen LogP contribution in [0.1, 0.15) is 6.92 Å². The molecular weight excluding hydrogens is 381 g/mol. The largest absolute Gasteiger partial charge is 0.482 e. The number of amides is 1. The predicted molar refractivity (Wildman–Crippen MR) is 88.7 cm³/mol. The summed E-state index contributed by atoms with van der Waals surface area (Å²) < 4.78 is 12.5. The molecule has 1 heterocycles. The minimum atomic E-state index is -0.670. The summed E-state index contributed by atoms with van der Waals surface area (Å²) in [5.74, 6) is 1.06. The van der Waals surface area contributed by atoms with Crippen molar-refractivity contribution in [2.45, 2.75) is 19.1 Å². The number of carbonyl (C=O) groups is 1. The molecule has 21 heavy (non-hydrogen) atoms. The topological polar surface area (TPSA) is 47.6 Å². The van der Waals surface area contributed by atoms with Gasteiger partial charge in [0.15, 0.2) is 11.5 Å². The van der Waals surface area contributed by atoms with E-state index in [0.29, 0.717) is 11.5 Å². The Kier molecular flexibility index (Phi) is 4.01. The number of anilines is 1.